The fourth-order valence-corrected chi connectivity index (χ4v) is 3.38. The van der Waals surface area contributed by atoms with Crippen LogP contribution >= 0.6 is 0 Å². The van der Waals surface area contributed by atoms with Crippen LogP contribution in [0.5, 0.6) is 0 Å². The van der Waals surface area contributed by atoms with Crippen molar-refractivity contribution in [2.24, 2.45) is 0 Å². The molecular weight excluding hydrogens is 246 g/mol. The van der Waals surface area contributed by atoms with Crippen LogP contribution in [0.25, 0.3) is 0 Å². The SMILES string of the molecule is CCNC(COC)CS(=O)c1cc(C)ccc1C. The van der Waals surface area contributed by atoms with Gasteiger partial charge in [-0.2, -0.15) is 0 Å². The molecule has 18 heavy (non-hydrogen) atoms. The molecule has 3 nitrogen and oxygen atoms in total. The fourth-order valence-electron chi connectivity index (χ4n) is 1.88. The first kappa shape index (κ1) is 15.3. The van der Waals surface area contributed by atoms with Crippen molar-refractivity contribution in [2.45, 2.75) is 31.7 Å². The minimum absolute atomic E-state index is 0.140. The lowest BCUT2D eigenvalue weighted by molar-refractivity contribution is 0.174. The first-order valence-electron chi connectivity index (χ1n) is 6.26. The highest BCUT2D eigenvalue weighted by Gasteiger charge is 2.14. The Labute approximate surface area is 112 Å². The van der Waals surface area contributed by atoms with E-state index in [1.54, 1.807) is 7.11 Å². The largest absolute Gasteiger partial charge is 0.383 e. The molecule has 1 rings (SSSR count). The Balaban J connectivity index is 2.76. The van der Waals surface area contributed by atoms with E-state index in [-0.39, 0.29) is 6.04 Å². The van der Waals surface area contributed by atoms with Gasteiger partial charge >= 0.3 is 0 Å². The zero-order chi connectivity index (χ0) is 13.5. The molecule has 0 saturated heterocycles. The first-order valence-corrected chi connectivity index (χ1v) is 7.58. The second-order valence-corrected chi connectivity index (χ2v) is 5.96. The van der Waals surface area contributed by atoms with Crippen molar-refractivity contribution in [1.29, 1.82) is 0 Å². The number of benzene rings is 1. The molecular formula is C14H23NO2S. The van der Waals surface area contributed by atoms with Gasteiger partial charge in [0.05, 0.1) is 17.4 Å². The van der Waals surface area contributed by atoms with Gasteiger partial charge in [-0.25, -0.2) is 0 Å². The van der Waals surface area contributed by atoms with Crippen LogP contribution in [0.1, 0.15) is 18.1 Å². The van der Waals surface area contributed by atoms with Gasteiger partial charge < -0.3 is 10.1 Å². The number of nitrogens with one attached hydrogen (secondary N) is 1. The van der Waals surface area contributed by atoms with Crippen LogP contribution in [-0.2, 0) is 15.5 Å². The van der Waals surface area contributed by atoms with Crippen molar-refractivity contribution >= 4 is 10.8 Å². The molecule has 1 aromatic carbocycles. The monoisotopic (exact) mass is 269 g/mol. The predicted molar refractivity (Wildman–Crippen MR) is 76.5 cm³/mol. The minimum Gasteiger partial charge on any atom is -0.383 e. The normalized spacial score (nSPS) is 14.4. The minimum atomic E-state index is -0.981. The molecule has 0 fully saturated rings. The second-order valence-electron chi connectivity index (χ2n) is 4.49. The van der Waals surface area contributed by atoms with Gasteiger partial charge in [0.1, 0.15) is 0 Å². The maximum Gasteiger partial charge on any atom is 0.0624 e. The third kappa shape index (κ3) is 4.52. The topological polar surface area (TPSA) is 38.3 Å². The van der Waals surface area contributed by atoms with E-state index in [2.05, 4.69) is 5.32 Å². The molecule has 0 aliphatic rings. The van der Waals surface area contributed by atoms with Crippen LogP contribution in [0.2, 0.25) is 0 Å². The van der Waals surface area contributed by atoms with Gasteiger partial charge in [0.2, 0.25) is 0 Å². The van der Waals surface area contributed by atoms with E-state index >= 15 is 0 Å². The molecule has 0 amide bonds. The Kier molecular flexibility index (Phi) is 6.54. The van der Waals surface area contributed by atoms with Crippen LogP contribution in [0.4, 0.5) is 0 Å². The van der Waals surface area contributed by atoms with Gasteiger partial charge in [-0.3, -0.25) is 4.21 Å². The second kappa shape index (κ2) is 7.67. The number of rotatable bonds is 7. The average Bonchev–Trinajstić information content (AvgIpc) is 2.33. The van der Waals surface area contributed by atoms with E-state index < -0.39 is 10.8 Å². The summed E-state index contributed by atoms with van der Waals surface area (Å²) < 4.78 is 17.5. The quantitative estimate of drug-likeness (QED) is 0.823. The molecule has 2 atom stereocenters. The molecule has 102 valence electrons. The zero-order valence-electron chi connectivity index (χ0n) is 11.7. The summed E-state index contributed by atoms with van der Waals surface area (Å²) in [5.41, 5.74) is 2.24. The van der Waals surface area contributed by atoms with Crippen molar-refractivity contribution in [3.8, 4) is 0 Å². The molecule has 4 heteroatoms. The summed E-state index contributed by atoms with van der Waals surface area (Å²) in [7, 11) is 0.691. The molecule has 0 aromatic heterocycles. The molecule has 0 heterocycles. The van der Waals surface area contributed by atoms with Gasteiger partial charge in [-0.15, -0.1) is 0 Å². The van der Waals surface area contributed by atoms with Crippen molar-refractivity contribution in [1.82, 2.24) is 5.32 Å². The van der Waals surface area contributed by atoms with Gasteiger partial charge in [-0.05, 0) is 37.6 Å². The Morgan fingerprint density at radius 2 is 2.11 bits per heavy atom. The van der Waals surface area contributed by atoms with E-state index in [1.807, 2.05) is 39.0 Å². The lowest BCUT2D eigenvalue weighted by atomic mass is 10.2. The third-order valence-electron chi connectivity index (χ3n) is 2.80. The standard InChI is InChI=1S/C14H23NO2S/c1-5-15-13(9-17-4)10-18(16)14-8-11(2)6-7-12(14)3/h6-8,13,15H,5,9-10H2,1-4H3. The average molecular weight is 269 g/mol. The lowest BCUT2D eigenvalue weighted by Gasteiger charge is -2.17. The van der Waals surface area contributed by atoms with E-state index in [0.717, 1.165) is 22.6 Å². The molecule has 1 N–H and O–H groups in total. The summed E-state index contributed by atoms with van der Waals surface area (Å²) in [5.74, 6) is 0.589. The lowest BCUT2D eigenvalue weighted by Crippen LogP contribution is -2.37. The predicted octanol–water partition coefficient (Wildman–Crippen LogP) is 2.04. The number of ether oxygens (including phenoxy) is 1. The molecule has 2 unspecified atom stereocenters. The number of likely N-dealkylation sites (N-methyl/N-ethyl adjacent to an activating group) is 1. The van der Waals surface area contributed by atoms with E-state index in [9.17, 15) is 4.21 Å². The molecule has 0 aliphatic carbocycles. The summed E-state index contributed by atoms with van der Waals surface area (Å²) in [6.07, 6.45) is 0. The maximum absolute atomic E-state index is 12.4. The van der Waals surface area contributed by atoms with Crippen molar-refractivity contribution in [2.75, 3.05) is 26.0 Å². The highest BCUT2D eigenvalue weighted by Crippen LogP contribution is 2.15. The van der Waals surface area contributed by atoms with Gasteiger partial charge in [-0.1, -0.05) is 19.1 Å². The zero-order valence-corrected chi connectivity index (χ0v) is 12.5. The first-order chi connectivity index (χ1) is 8.58. The maximum atomic E-state index is 12.4. The Hall–Kier alpha value is -0.710. The van der Waals surface area contributed by atoms with Crippen LogP contribution in [0.3, 0.4) is 0 Å². The van der Waals surface area contributed by atoms with E-state index in [4.69, 9.17) is 4.74 Å². The third-order valence-corrected chi connectivity index (χ3v) is 4.44. The number of methoxy groups -OCH3 is 1. The summed E-state index contributed by atoms with van der Waals surface area (Å²) in [6.45, 7) is 7.52. The summed E-state index contributed by atoms with van der Waals surface area (Å²) >= 11 is 0. The highest BCUT2D eigenvalue weighted by atomic mass is 32.2. The molecule has 1 aromatic rings. The van der Waals surface area contributed by atoms with Crippen LogP contribution in [0, 0.1) is 13.8 Å². The highest BCUT2D eigenvalue weighted by molar-refractivity contribution is 7.85. The van der Waals surface area contributed by atoms with Crippen LogP contribution in [0.15, 0.2) is 23.1 Å². The summed E-state index contributed by atoms with van der Waals surface area (Å²) in [6, 6.07) is 6.23. The molecule has 0 aliphatic heterocycles. The van der Waals surface area contributed by atoms with Gasteiger partial charge in [0.15, 0.2) is 0 Å². The van der Waals surface area contributed by atoms with Crippen LogP contribution in [-0.4, -0.2) is 36.3 Å². The van der Waals surface area contributed by atoms with Gasteiger partial charge in [0, 0.05) is 23.8 Å². The Morgan fingerprint density at radius 3 is 2.72 bits per heavy atom. The number of aryl methyl sites for hydroxylation is 2. The molecule has 0 spiro atoms. The summed E-state index contributed by atoms with van der Waals surface area (Å²) in [5, 5.41) is 3.30. The van der Waals surface area contributed by atoms with E-state index in [0.29, 0.717) is 12.4 Å². The number of hydrogen-bond donors (Lipinski definition) is 1. The molecule has 0 radical (unpaired) electrons. The van der Waals surface area contributed by atoms with Crippen molar-refractivity contribution < 1.29 is 8.95 Å². The van der Waals surface area contributed by atoms with Crippen LogP contribution < -0.4 is 5.32 Å². The number of hydrogen-bond acceptors (Lipinski definition) is 3. The van der Waals surface area contributed by atoms with Crippen molar-refractivity contribution in [3.63, 3.8) is 0 Å². The summed E-state index contributed by atoms with van der Waals surface area (Å²) in [4.78, 5) is 0.939. The Bertz CT molecular complexity index is 401. The van der Waals surface area contributed by atoms with Crippen molar-refractivity contribution in [3.05, 3.63) is 29.3 Å². The smallest absolute Gasteiger partial charge is 0.0624 e. The fraction of sp³-hybridized carbons (Fsp3) is 0.571. The van der Waals surface area contributed by atoms with E-state index in [1.165, 1.54) is 0 Å². The Morgan fingerprint density at radius 1 is 1.39 bits per heavy atom. The molecule has 0 saturated carbocycles. The molecule has 0 bridgehead atoms. The van der Waals surface area contributed by atoms with Gasteiger partial charge in [0.25, 0.3) is 0 Å².